The van der Waals surface area contributed by atoms with Crippen molar-refractivity contribution in [3.63, 3.8) is 0 Å². The average Bonchev–Trinajstić information content (AvgIpc) is 2.71. The van der Waals surface area contributed by atoms with Crippen LogP contribution in [0.3, 0.4) is 0 Å². The summed E-state index contributed by atoms with van der Waals surface area (Å²) in [6, 6.07) is 7.41. The Bertz CT molecular complexity index is 486. The lowest BCUT2D eigenvalue weighted by Gasteiger charge is -2.18. The highest BCUT2D eigenvalue weighted by molar-refractivity contribution is 5.92. The van der Waals surface area contributed by atoms with Crippen molar-refractivity contribution in [2.75, 3.05) is 13.2 Å². The van der Waals surface area contributed by atoms with Crippen molar-refractivity contribution in [3.05, 3.63) is 29.8 Å². The highest BCUT2D eigenvalue weighted by Crippen LogP contribution is 2.20. The third-order valence-electron chi connectivity index (χ3n) is 2.98. The van der Waals surface area contributed by atoms with Gasteiger partial charge in [0.2, 0.25) is 5.91 Å². The van der Waals surface area contributed by atoms with Gasteiger partial charge in [-0.1, -0.05) is 12.1 Å². The van der Waals surface area contributed by atoms with Gasteiger partial charge in [-0.15, -0.1) is 0 Å². The van der Waals surface area contributed by atoms with E-state index in [1.165, 1.54) is 11.8 Å². The molecule has 0 N–H and O–H groups in total. The van der Waals surface area contributed by atoms with Crippen molar-refractivity contribution in [2.24, 2.45) is 0 Å². The fourth-order valence-electron chi connectivity index (χ4n) is 2.20. The lowest BCUT2D eigenvalue weighted by atomic mass is 10.1. The minimum absolute atomic E-state index is 0.234. The standard InChI is InChI=1S/C14H17NO4/c1-3-18-13-6-4-5-11(8-13)7-12-9-19-14(17)15(12)10(2)16/h4-6,8,12H,3,7,9H2,1-2H3. The van der Waals surface area contributed by atoms with Crippen LogP contribution in [0.4, 0.5) is 4.79 Å². The van der Waals surface area contributed by atoms with Crippen LogP contribution in [0.5, 0.6) is 5.75 Å². The second kappa shape index (κ2) is 5.73. The van der Waals surface area contributed by atoms with E-state index in [0.717, 1.165) is 11.3 Å². The van der Waals surface area contributed by atoms with Crippen LogP contribution in [0.1, 0.15) is 19.4 Å². The zero-order valence-electron chi connectivity index (χ0n) is 11.1. The number of carbonyl (C=O) groups excluding carboxylic acids is 2. The minimum atomic E-state index is -0.557. The van der Waals surface area contributed by atoms with Crippen molar-refractivity contribution in [2.45, 2.75) is 26.3 Å². The number of nitrogens with zero attached hydrogens (tertiary/aromatic N) is 1. The highest BCUT2D eigenvalue weighted by atomic mass is 16.6. The van der Waals surface area contributed by atoms with Gasteiger partial charge >= 0.3 is 6.09 Å². The number of amides is 2. The Balaban J connectivity index is 2.10. The largest absolute Gasteiger partial charge is 0.494 e. The van der Waals surface area contributed by atoms with Gasteiger partial charge in [0.05, 0.1) is 12.6 Å². The molecular formula is C14H17NO4. The van der Waals surface area contributed by atoms with Crippen LogP contribution >= 0.6 is 0 Å². The predicted octanol–water partition coefficient (Wildman–Crippen LogP) is 2.00. The van der Waals surface area contributed by atoms with E-state index < -0.39 is 6.09 Å². The summed E-state index contributed by atoms with van der Waals surface area (Å²) < 4.78 is 10.4. The molecule has 0 aliphatic carbocycles. The SMILES string of the molecule is CCOc1cccc(CC2COC(=O)N2C(C)=O)c1. The first kappa shape index (κ1) is 13.4. The maximum absolute atomic E-state index is 11.4. The summed E-state index contributed by atoms with van der Waals surface area (Å²) in [5.74, 6) is 0.507. The Morgan fingerprint density at radius 1 is 1.53 bits per heavy atom. The summed E-state index contributed by atoms with van der Waals surface area (Å²) >= 11 is 0. The summed E-state index contributed by atoms with van der Waals surface area (Å²) in [6.45, 7) is 4.15. The van der Waals surface area contributed by atoms with E-state index in [-0.39, 0.29) is 18.6 Å². The van der Waals surface area contributed by atoms with Gasteiger partial charge in [0.1, 0.15) is 12.4 Å². The molecule has 0 saturated carbocycles. The molecule has 0 radical (unpaired) electrons. The second-order valence-corrected chi connectivity index (χ2v) is 4.40. The third kappa shape index (κ3) is 3.05. The van der Waals surface area contributed by atoms with Crippen molar-refractivity contribution >= 4 is 12.0 Å². The molecule has 1 fully saturated rings. The first-order chi connectivity index (χ1) is 9.11. The topological polar surface area (TPSA) is 55.8 Å². The molecule has 2 rings (SSSR count). The van der Waals surface area contributed by atoms with Crippen LogP contribution in [-0.2, 0) is 16.0 Å². The van der Waals surface area contributed by atoms with Gasteiger partial charge in [-0.25, -0.2) is 9.69 Å². The monoisotopic (exact) mass is 263 g/mol. The minimum Gasteiger partial charge on any atom is -0.494 e. The van der Waals surface area contributed by atoms with E-state index in [2.05, 4.69) is 0 Å². The quantitative estimate of drug-likeness (QED) is 0.833. The zero-order chi connectivity index (χ0) is 13.8. The Morgan fingerprint density at radius 3 is 3.00 bits per heavy atom. The molecule has 0 aromatic heterocycles. The summed E-state index contributed by atoms with van der Waals surface area (Å²) in [6.07, 6.45) is 0.0187. The van der Waals surface area contributed by atoms with Gasteiger partial charge in [0, 0.05) is 6.92 Å². The van der Waals surface area contributed by atoms with E-state index in [1.54, 1.807) is 0 Å². The van der Waals surface area contributed by atoms with E-state index in [4.69, 9.17) is 9.47 Å². The molecule has 1 unspecified atom stereocenters. The van der Waals surface area contributed by atoms with Crippen LogP contribution in [-0.4, -0.2) is 36.2 Å². The van der Waals surface area contributed by atoms with Gasteiger partial charge < -0.3 is 9.47 Å². The van der Waals surface area contributed by atoms with Gasteiger partial charge in [-0.3, -0.25) is 4.79 Å². The van der Waals surface area contributed by atoms with Crippen LogP contribution in [0, 0.1) is 0 Å². The lowest BCUT2D eigenvalue weighted by molar-refractivity contribution is -0.126. The predicted molar refractivity (Wildman–Crippen MR) is 69.0 cm³/mol. The van der Waals surface area contributed by atoms with E-state index >= 15 is 0 Å². The number of imide groups is 1. The molecule has 1 aromatic carbocycles. The molecule has 19 heavy (non-hydrogen) atoms. The maximum atomic E-state index is 11.4. The molecular weight excluding hydrogens is 246 g/mol. The summed E-state index contributed by atoms with van der Waals surface area (Å²) in [4.78, 5) is 24.0. The smallest absolute Gasteiger partial charge is 0.416 e. The Hall–Kier alpha value is -2.04. The zero-order valence-corrected chi connectivity index (χ0v) is 11.1. The molecule has 1 aromatic rings. The molecule has 1 atom stereocenters. The molecule has 0 spiro atoms. The second-order valence-electron chi connectivity index (χ2n) is 4.40. The number of hydrogen-bond acceptors (Lipinski definition) is 4. The van der Waals surface area contributed by atoms with E-state index in [1.807, 2.05) is 31.2 Å². The maximum Gasteiger partial charge on any atom is 0.416 e. The first-order valence-electron chi connectivity index (χ1n) is 6.30. The van der Waals surface area contributed by atoms with Crippen molar-refractivity contribution in [1.82, 2.24) is 4.90 Å². The number of benzene rings is 1. The van der Waals surface area contributed by atoms with E-state index in [0.29, 0.717) is 13.0 Å². The van der Waals surface area contributed by atoms with E-state index in [9.17, 15) is 9.59 Å². The fraction of sp³-hybridized carbons (Fsp3) is 0.429. The Morgan fingerprint density at radius 2 is 2.32 bits per heavy atom. The summed E-state index contributed by atoms with van der Waals surface area (Å²) in [5.41, 5.74) is 1.01. The molecule has 1 aliphatic rings. The summed E-state index contributed by atoms with van der Waals surface area (Å²) in [7, 11) is 0. The number of hydrogen-bond donors (Lipinski definition) is 0. The van der Waals surface area contributed by atoms with Gasteiger partial charge in [0.15, 0.2) is 0 Å². The molecule has 5 heteroatoms. The van der Waals surface area contributed by atoms with Crippen molar-refractivity contribution in [3.8, 4) is 5.75 Å². The normalized spacial score (nSPS) is 18.3. The van der Waals surface area contributed by atoms with Gasteiger partial charge in [-0.2, -0.15) is 0 Å². The van der Waals surface area contributed by atoms with Crippen LogP contribution in [0.2, 0.25) is 0 Å². The number of rotatable bonds is 4. The van der Waals surface area contributed by atoms with Crippen LogP contribution in [0.25, 0.3) is 0 Å². The third-order valence-corrected chi connectivity index (χ3v) is 2.98. The van der Waals surface area contributed by atoms with Crippen molar-refractivity contribution in [1.29, 1.82) is 0 Å². The molecule has 1 heterocycles. The van der Waals surface area contributed by atoms with Gasteiger partial charge in [0.25, 0.3) is 0 Å². The molecule has 1 saturated heterocycles. The molecule has 102 valence electrons. The van der Waals surface area contributed by atoms with Crippen LogP contribution < -0.4 is 4.74 Å². The number of carbonyl (C=O) groups is 2. The first-order valence-corrected chi connectivity index (χ1v) is 6.30. The van der Waals surface area contributed by atoms with Gasteiger partial charge in [-0.05, 0) is 31.0 Å². The molecule has 2 amide bonds. The summed E-state index contributed by atoms with van der Waals surface area (Å²) in [5, 5.41) is 0. The lowest BCUT2D eigenvalue weighted by Crippen LogP contribution is -2.38. The van der Waals surface area contributed by atoms with Crippen molar-refractivity contribution < 1.29 is 19.1 Å². The fourth-order valence-corrected chi connectivity index (χ4v) is 2.20. The Labute approximate surface area is 112 Å². The highest BCUT2D eigenvalue weighted by Gasteiger charge is 2.35. The molecule has 0 bridgehead atoms. The van der Waals surface area contributed by atoms with Crippen LogP contribution in [0.15, 0.2) is 24.3 Å². The molecule has 5 nitrogen and oxygen atoms in total. The number of cyclic esters (lactones) is 1. The number of ether oxygens (including phenoxy) is 2. The molecule has 1 aliphatic heterocycles. The Kier molecular flexibility index (Phi) is 4.04. The average molecular weight is 263 g/mol.